The molecule has 0 atom stereocenters. The Morgan fingerprint density at radius 1 is 0.854 bits per heavy atom. The highest BCUT2D eigenvalue weighted by atomic mass is 19.4. The van der Waals surface area contributed by atoms with Gasteiger partial charge in [-0.3, -0.25) is 9.48 Å². The summed E-state index contributed by atoms with van der Waals surface area (Å²) in [6, 6.07) is 8.02. The number of amides is 1. The lowest BCUT2D eigenvalue weighted by Gasteiger charge is -2.11. The van der Waals surface area contributed by atoms with Crippen molar-refractivity contribution < 1.29 is 39.9 Å². The van der Waals surface area contributed by atoms with E-state index in [1.165, 1.54) is 0 Å². The van der Waals surface area contributed by atoms with Crippen molar-refractivity contribution in [2.75, 3.05) is 5.32 Å². The third-order valence-electron chi connectivity index (χ3n) is 6.26. The molecule has 15 heteroatoms. The second-order valence-electron chi connectivity index (χ2n) is 9.02. The van der Waals surface area contributed by atoms with Crippen LogP contribution in [0.3, 0.4) is 0 Å². The molecule has 5 aromatic rings. The lowest BCUT2D eigenvalue weighted by Crippen LogP contribution is -2.16. The summed E-state index contributed by atoms with van der Waals surface area (Å²) in [7, 11) is 0. The molecule has 1 amide bonds. The molecular formula is C26H16F8N6O. The standard InChI is InChI=1S/C26H16F8N6O/c1-11-3-4-13(7-12(11)2)15-8-17(26(32,33)34)40-19(35-15)9-16(37-40)25(41)36-18-5-6-39(38-18)10-14-20(27)22(29)24(31)23(30)21(14)28/h3-9H,10H2,1-2H3,(H,36,38,41). The van der Waals surface area contributed by atoms with Gasteiger partial charge in [0.1, 0.15) is 0 Å². The molecule has 0 spiro atoms. The Kier molecular flexibility index (Phi) is 6.75. The molecule has 212 valence electrons. The highest BCUT2D eigenvalue weighted by molar-refractivity contribution is 6.03. The lowest BCUT2D eigenvalue weighted by molar-refractivity contribution is -0.142. The third-order valence-corrected chi connectivity index (χ3v) is 6.26. The van der Waals surface area contributed by atoms with Crippen LogP contribution in [0.1, 0.15) is 32.9 Å². The summed E-state index contributed by atoms with van der Waals surface area (Å²) in [5.74, 6) is -11.9. The van der Waals surface area contributed by atoms with E-state index in [1.807, 2.05) is 6.92 Å². The largest absolute Gasteiger partial charge is 0.433 e. The number of anilines is 1. The molecule has 1 N–H and O–H groups in total. The number of carbonyl (C=O) groups is 1. The number of carbonyl (C=O) groups excluding carboxylic acids is 1. The van der Waals surface area contributed by atoms with Crippen LogP contribution >= 0.6 is 0 Å². The smallest absolute Gasteiger partial charge is 0.304 e. The molecule has 2 aromatic carbocycles. The van der Waals surface area contributed by atoms with E-state index < -0.39 is 64.7 Å². The van der Waals surface area contributed by atoms with Crippen molar-refractivity contribution in [2.24, 2.45) is 0 Å². The van der Waals surface area contributed by atoms with Crippen LogP contribution in [0, 0.1) is 42.9 Å². The van der Waals surface area contributed by atoms with Gasteiger partial charge in [-0.25, -0.2) is 31.5 Å². The van der Waals surface area contributed by atoms with Crippen LogP contribution in [0.25, 0.3) is 16.9 Å². The zero-order chi connectivity index (χ0) is 29.8. The fourth-order valence-corrected chi connectivity index (χ4v) is 3.98. The van der Waals surface area contributed by atoms with Gasteiger partial charge in [0.2, 0.25) is 5.82 Å². The maximum atomic E-state index is 14.0. The number of rotatable bonds is 5. The summed E-state index contributed by atoms with van der Waals surface area (Å²) >= 11 is 0. The minimum atomic E-state index is -4.85. The number of halogens is 8. The second-order valence-corrected chi connectivity index (χ2v) is 9.02. The van der Waals surface area contributed by atoms with Gasteiger partial charge in [-0.15, -0.1) is 0 Å². The van der Waals surface area contributed by atoms with Crippen LogP contribution in [0.15, 0.2) is 42.6 Å². The van der Waals surface area contributed by atoms with Crippen molar-refractivity contribution >= 4 is 17.4 Å². The molecule has 3 aromatic heterocycles. The molecule has 0 fully saturated rings. The average Bonchev–Trinajstić information content (AvgIpc) is 3.56. The zero-order valence-corrected chi connectivity index (χ0v) is 20.9. The predicted molar refractivity (Wildman–Crippen MR) is 128 cm³/mol. The molecule has 41 heavy (non-hydrogen) atoms. The number of aromatic nitrogens is 5. The molecule has 0 saturated carbocycles. The van der Waals surface area contributed by atoms with Crippen LogP contribution in [0.2, 0.25) is 0 Å². The Morgan fingerprint density at radius 2 is 1.51 bits per heavy atom. The number of nitrogens with one attached hydrogen (secondary N) is 1. The minimum Gasteiger partial charge on any atom is -0.304 e. The van der Waals surface area contributed by atoms with E-state index >= 15 is 0 Å². The number of aryl methyl sites for hydroxylation is 2. The van der Waals surface area contributed by atoms with E-state index in [1.54, 1.807) is 25.1 Å². The monoisotopic (exact) mass is 580 g/mol. The summed E-state index contributed by atoms with van der Waals surface area (Å²) in [6.07, 6.45) is -3.77. The maximum Gasteiger partial charge on any atom is 0.433 e. The summed E-state index contributed by atoms with van der Waals surface area (Å²) in [5.41, 5.74) is -0.867. The summed E-state index contributed by atoms with van der Waals surface area (Å²) in [6.45, 7) is 2.77. The first-order valence-electron chi connectivity index (χ1n) is 11.7. The van der Waals surface area contributed by atoms with Crippen molar-refractivity contribution in [1.82, 2.24) is 24.4 Å². The van der Waals surface area contributed by atoms with Crippen molar-refractivity contribution in [3.63, 3.8) is 0 Å². The van der Waals surface area contributed by atoms with Crippen molar-refractivity contribution in [2.45, 2.75) is 26.6 Å². The van der Waals surface area contributed by atoms with Crippen LogP contribution < -0.4 is 5.32 Å². The fourth-order valence-electron chi connectivity index (χ4n) is 3.98. The SMILES string of the molecule is Cc1ccc(-c2cc(C(F)(F)F)n3nc(C(=O)Nc4ccn(Cc5c(F)c(F)c(F)c(F)c5F)n4)cc3n2)cc1C. The van der Waals surface area contributed by atoms with Crippen molar-refractivity contribution in [3.8, 4) is 11.3 Å². The molecule has 7 nitrogen and oxygen atoms in total. The summed E-state index contributed by atoms with van der Waals surface area (Å²) in [5, 5.41) is 9.79. The molecule has 5 rings (SSSR count). The normalized spacial score (nSPS) is 11.9. The quantitative estimate of drug-likeness (QED) is 0.152. The first-order valence-corrected chi connectivity index (χ1v) is 11.7. The molecule has 0 aliphatic carbocycles. The van der Waals surface area contributed by atoms with Crippen LogP contribution in [0.4, 0.5) is 40.9 Å². The molecule has 0 saturated heterocycles. The number of alkyl halides is 3. The third kappa shape index (κ3) is 5.10. The minimum absolute atomic E-state index is 0.00616. The Bertz CT molecular complexity index is 1810. The Labute approximate surface area is 225 Å². The Hall–Kier alpha value is -4.82. The zero-order valence-electron chi connectivity index (χ0n) is 20.9. The fraction of sp³-hybridized carbons (Fsp3) is 0.154. The highest BCUT2D eigenvalue weighted by Crippen LogP contribution is 2.33. The first-order chi connectivity index (χ1) is 19.2. The van der Waals surface area contributed by atoms with Crippen LogP contribution in [0.5, 0.6) is 0 Å². The number of fused-ring (bicyclic) bond motifs is 1. The lowest BCUT2D eigenvalue weighted by atomic mass is 10.0. The number of benzene rings is 2. The van der Waals surface area contributed by atoms with Gasteiger partial charge in [0, 0.05) is 23.9 Å². The van der Waals surface area contributed by atoms with E-state index in [4.69, 9.17) is 0 Å². The average molecular weight is 580 g/mol. The number of hydrogen-bond donors (Lipinski definition) is 1. The number of nitrogens with zero attached hydrogens (tertiary/aromatic N) is 5. The Balaban J connectivity index is 1.43. The van der Waals surface area contributed by atoms with Gasteiger partial charge in [-0.1, -0.05) is 12.1 Å². The van der Waals surface area contributed by atoms with E-state index in [9.17, 15) is 39.9 Å². The topological polar surface area (TPSA) is 77.1 Å². The van der Waals surface area contributed by atoms with Gasteiger partial charge in [-0.05, 0) is 37.1 Å². The Morgan fingerprint density at radius 3 is 2.15 bits per heavy atom. The van der Waals surface area contributed by atoms with Crippen molar-refractivity contribution in [1.29, 1.82) is 0 Å². The van der Waals surface area contributed by atoms with Gasteiger partial charge >= 0.3 is 6.18 Å². The number of hydrogen-bond acceptors (Lipinski definition) is 4. The maximum absolute atomic E-state index is 14.0. The summed E-state index contributed by atoms with van der Waals surface area (Å²) in [4.78, 5) is 17.0. The van der Waals surface area contributed by atoms with E-state index in [0.29, 0.717) is 10.1 Å². The van der Waals surface area contributed by atoms with Crippen molar-refractivity contribution in [3.05, 3.63) is 99.8 Å². The van der Waals surface area contributed by atoms with Crippen LogP contribution in [-0.4, -0.2) is 30.3 Å². The van der Waals surface area contributed by atoms with Gasteiger partial charge in [0.25, 0.3) is 5.91 Å². The van der Waals surface area contributed by atoms with Gasteiger partial charge in [0.15, 0.2) is 46.1 Å². The molecule has 0 aliphatic rings. The molecule has 0 unspecified atom stereocenters. The molecule has 3 heterocycles. The van der Waals surface area contributed by atoms with Gasteiger partial charge in [0.05, 0.1) is 17.8 Å². The summed E-state index contributed by atoms with van der Waals surface area (Å²) < 4.78 is 111. The van der Waals surface area contributed by atoms with Crippen LogP contribution in [-0.2, 0) is 12.7 Å². The van der Waals surface area contributed by atoms with Gasteiger partial charge in [-0.2, -0.15) is 23.4 Å². The van der Waals surface area contributed by atoms with E-state index in [-0.39, 0.29) is 17.2 Å². The molecule has 0 bridgehead atoms. The highest BCUT2D eigenvalue weighted by Gasteiger charge is 2.36. The van der Waals surface area contributed by atoms with Gasteiger partial charge < -0.3 is 5.32 Å². The molecular weight excluding hydrogens is 564 g/mol. The molecule has 0 radical (unpaired) electrons. The molecule has 0 aliphatic heterocycles. The van der Waals surface area contributed by atoms with E-state index in [0.717, 1.165) is 40.2 Å². The van der Waals surface area contributed by atoms with E-state index in [2.05, 4.69) is 20.5 Å². The second kappa shape index (κ2) is 9.98. The first kappa shape index (κ1) is 27.7. The predicted octanol–water partition coefficient (Wildman–Crippen LogP) is 6.22.